The van der Waals surface area contributed by atoms with Gasteiger partial charge in [-0.3, -0.25) is 5.10 Å². The standard InChI is InChI=1S/C19H23FN4O2S/c1-12(2)27(25,26)24-16-9-7-15(8-10-16)19-17(20)18(22-23-19)14-5-3-13(11-21)4-6-14/h3-6,12,15-16,24H,7-10H2,1-2H3,(H,22,23)/t15-,16-. The third kappa shape index (κ3) is 4.20. The van der Waals surface area contributed by atoms with Crippen LogP contribution in [-0.4, -0.2) is 29.9 Å². The van der Waals surface area contributed by atoms with Crippen LogP contribution in [-0.2, 0) is 10.0 Å². The van der Waals surface area contributed by atoms with Gasteiger partial charge in [-0.15, -0.1) is 0 Å². The summed E-state index contributed by atoms with van der Waals surface area (Å²) in [5, 5.41) is 15.3. The number of hydrogen-bond acceptors (Lipinski definition) is 4. The first kappa shape index (κ1) is 19.5. The van der Waals surface area contributed by atoms with Crippen molar-refractivity contribution >= 4 is 10.0 Å². The molecule has 8 heteroatoms. The number of hydrogen-bond donors (Lipinski definition) is 2. The minimum atomic E-state index is -3.29. The number of H-pyrrole nitrogens is 1. The van der Waals surface area contributed by atoms with E-state index in [1.54, 1.807) is 38.1 Å². The molecule has 1 aliphatic carbocycles. The molecule has 2 aromatic rings. The molecule has 0 bridgehead atoms. The highest BCUT2D eigenvalue weighted by Gasteiger charge is 2.30. The molecule has 1 saturated carbocycles. The summed E-state index contributed by atoms with van der Waals surface area (Å²) in [5.41, 5.74) is 1.85. The van der Waals surface area contributed by atoms with Gasteiger partial charge in [-0.25, -0.2) is 17.5 Å². The van der Waals surface area contributed by atoms with E-state index < -0.39 is 15.3 Å². The van der Waals surface area contributed by atoms with Crippen molar-refractivity contribution in [3.63, 3.8) is 0 Å². The molecule has 0 amide bonds. The number of nitriles is 1. The number of sulfonamides is 1. The summed E-state index contributed by atoms with van der Waals surface area (Å²) in [7, 11) is -3.29. The fourth-order valence-electron chi connectivity index (χ4n) is 3.37. The highest BCUT2D eigenvalue weighted by Crippen LogP contribution is 2.36. The lowest BCUT2D eigenvalue weighted by atomic mass is 9.84. The van der Waals surface area contributed by atoms with E-state index in [2.05, 4.69) is 14.9 Å². The van der Waals surface area contributed by atoms with Gasteiger partial charge in [0.2, 0.25) is 10.0 Å². The highest BCUT2D eigenvalue weighted by atomic mass is 32.2. The van der Waals surface area contributed by atoms with Crippen LogP contribution in [0.15, 0.2) is 24.3 Å². The van der Waals surface area contributed by atoms with Crippen LogP contribution in [0.4, 0.5) is 4.39 Å². The molecular weight excluding hydrogens is 367 g/mol. The number of nitrogens with zero attached hydrogens (tertiary/aromatic N) is 2. The average Bonchev–Trinajstić information content (AvgIpc) is 3.03. The maximum atomic E-state index is 14.9. The van der Waals surface area contributed by atoms with Gasteiger partial charge in [0.25, 0.3) is 0 Å². The molecule has 2 N–H and O–H groups in total. The Morgan fingerprint density at radius 1 is 1.22 bits per heavy atom. The number of benzene rings is 1. The third-order valence-electron chi connectivity index (χ3n) is 5.11. The minimum absolute atomic E-state index is 0.00978. The van der Waals surface area contributed by atoms with E-state index in [1.807, 2.05) is 6.07 Å². The zero-order valence-electron chi connectivity index (χ0n) is 15.4. The third-order valence-corrected chi connectivity index (χ3v) is 7.01. The Morgan fingerprint density at radius 3 is 2.41 bits per heavy atom. The summed E-state index contributed by atoms with van der Waals surface area (Å²) in [6.45, 7) is 3.30. The van der Waals surface area contributed by atoms with Gasteiger partial charge in [0.15, 0.2) is 5.82 Å². The number of aromatic nitrogens is 2. The Kier molecular flexibility index (Phi) is 5.63. The molecule has 3 rings (SSSR count). The molecule has 0 unspecified atom stereocenters. The molecule has 0 spiro atoms. The lowest BCUT2D eigenvalue weighted by Gasteiger charge is -2.28. The molecule has 0 aliphatic heterocycles. The summed E-state index contributed by atoms with van der Waals surface area (Å²) in [4.78, 5) is 0. The summed E-state index contributed by atoms with van der Waals surface area (Å²) in [6, 6.07) is 8.56. The van der Waals surface area contributed by atoms with Crippen LogP contribution in [0.3, 0.4) is 0 Å². The second-order valence-electron chi connectivity index (χ2n) is 7.25. The maximum Gasteiger partial charge on any atom is 0.214 e. The Morgan fingerprint density at radius 2 is 1.85 bits per heavy atom. The van der Waals surface area contributed by atoms with Crippen LogP contribution in [0.1, 0.15) is 56.7 Å². The zero-order chi connectivity index (χ0) is 19.6. The molecule has 144 valence electrons. The molecule has 0 saturated heterocycles. The normalized spacial score (nSPS) is 20.6. The quantitative estimate of drug-likeness (QED) is 0.817. The van der Waals surface area contributed by atoms with Gasteiger partial charge >= 0.3 is 0 Å². The Hall–Kier alpha value is -2.24. The lowest BCUT2D eigenvalue weighted by molar-refractivity contribution is 0.362. The van der Waals surface area contributed by atoms with Crippen LogP contribution in [0, 0.1) is 17.1 Å². The Bertz CT molecular complexity index is 937. The average molecular weight is 390 g/mol. The van der Waals surface area contributed by atoms with Gasteiger partial charge in [-0.2, -0.15) is 10.4 Å². The minimum Gasteiger partial charge on any atom is -0.279 e. The number of aromatic amines is 1. The predicted octanol–water partition coefficient (Wildman–Crippen LogP) is 3.44. The largest absolute Gasteiger partial charge is 0.279 e. The van der Waals surface area contributed by atoms with Crippen molar-refractivity contribution in [2.45, 2.75) is 56.7 Å². The molecule has 6 nitrogen and oxygen atoms in total. The van der Waals surface area contributed by atoms with Crippen LogP contribution in [0.25, 0.3) is 11.3 Å². The SMILES string of the molecule is CC(C)S(=O)(=O)N[C@H]1CC[C@H](c2[nH]nc(-c3ccc(C#N)cc3)c2F)CC1. The van der Waals surface area contributed by atoms with Crippen LogP contribution < -0.4 is 4.72 Å². The van der Waals surface area contributed by atoms with Gasteiger partial charge in [-0.05, 0) is 51.7 Å². The van der Waals surface area contributed by atoms with Crippen molar-refractivity contribution in [1.29, 1.82) is 5.26 Å². The number of halogens is 1. The molecule has 1 aromatic carbocycles. The summed E-state index contributed by atoms with van der Waals surface area (Å²) < 4.78 is 41.6. The summed E-state index contributed by atoms with van der Waals surface area (Å²) in [6.07, 6.45) is 2.72. The fraction of sp³-hybridized carbons (Fsp3) is 0.474. The lowest BCUT2D eigenvalue weighted by Crippen LogP contribution is -2.40. The van der Waals surface area contributed by atoms with Crippen molar-refractivity contribution in [2.24, 2.45) is 0 Å². The second kappa shape index (κ2) is 7.79. The Labute approximate surface area is 158 Å². The summed E-state index contributed by atoms with van der Waals surface area (Å²) in [5.74, 6) is -0.379. The molecule has 0 radical (unpaired) electrons. The molecular formula is C19H23FN4O2S. The molecule has 27 heavy (non-hydrogen) atoms. The first-order chi connectivity index (χ1) is 12.8. The van der Waals surface area contributed by atoms with E-state index >= 15 is 0 Å². The summed E-state index contributed by atoms with van der Waals surface area (Å²) >= 11 is 0. The molecule has 1 aliphatic rings. The molecule has 1 heterocycles. The van der Waals surface area contributed by atoms with Crippen molar-refractivity contribution < 1.29 is 12.8 Å². The molecule has 1 aromatic heterocycles. The number of rotatable bonds is 5. The van der Waals surface area contributed by atoms with Gasteiger partial charge in [0.05, 0.1) is 22.6 Å². The second-order valence-corrected chi connectivity index (χ2v) is 9.52. The van der Waals surface area contributed by atoms with E-state index in [0.717, 1.165) is 0 Å². The van der Waals surface area contributed by atoms with Crippen molar-refractivity contribution in [3.05, 3.63) is 41.3 Å². The molecule has 0 atom stereocenters. The molecule has 1 fully saturated rings. The monoisotopic (exact) mass is 390 g/mol. The van der Waals surface area contributed by atoms with Gasteiger partial charge in [-0.1, -0.05) is 12.1 Å². The van der Waals surface area contributed by atoms with E-state index in [-0.39, 0.29) is 23.5 Å². The van der Waals surface area contributed by atoms with Crippen LogP contribution in [0.2, 0.25) is 0 Å². The fourth-order valence-corrected chi connectivity index (χ4v) is 4.35. The van der Waals surface area contributed by atoms with E-state index in [1.165, 1.54) is 0 Å². The van der Waals surface area contributed by atoms with Gasteiger partial charge < -0.3 is 0 Å². The van der Waals surface area contributed by atoms with Crippen LogP contribution in [0.5, 0.6) is 0 Å². The van der Waals surface area contributed by atoms with Crippen molar-refractivity contribution in [1.82, 2.24) is 14.9 Å². The van der Waals surface area contributed by atoms with E-state index in [9.17, 15) is 12.8 Å². The predicted molar refractivity (Wildman–Crippen MR) is 101 cm³/mol. The maximum absolute atomic E-state index is 14.9. The Balaban J connectivity index is 1.69. The van der Waals surface area contributed by atoms with Gasteiger partial charge in [0.1, 0.15) is 5.69 Å². The van der Waals surface area contributed by atoms with Crippen LogP contribution >= 0.6 is 0 Å². The smallest absolute Gasteiger partial charge is 0.214 e. The zero-order valence-corrected chi connectivity index (χ0v) is 16.2. The first-order valence-corrected chi connectivity index (χ1v) is 10.6. The van der Waals surface area contributed by atoms with E-state index in [4.69, 9.17) is 5.26 Å². The van der Waals surface area contributed by atoms with Crippen molar-refractivity contribution in [3.8, 4) is 17.3 Å². The number of nitrogens with one attached hydrogen (secondary N) is 2. The topological polar surface area (TPSA) is 98.6 Å². The van der Waals surface area contributed by atoms with Crippen molar-refractivity contribution in [2.75, 3.05) is 0 Å². The van der Waals surface area contributed by atoms with E-state index in [0.29, 0.717) is 42.5 Å². The van der Waals surface area contributed by atoms with Gasteiger partial charge in [0, 0.05) is 17.5 Å². The first-order valence-electron chi connectivity index (χ1n) is 9.07. The highest BCUT2D eigenvalue weighted by molar-refractivity contribution is 7.90.